The zero-order valence-electron chi connectivity index (χ0n) is 17.1. The number of benzene rings is 2. The number of nitrogens with zero attached hydrogens (tertiary/aromatic N) is 1. The summed E-state index contributed by atoms with van der Waals surface area (Å²) in [6.45, 7) is 1.92. The standard InChI is InChI=1S/C23H24N4O4/c1-2-17-12-18(26-23(29)31-14-16-6-5-11-25-13-16)9-10-21(17)30-15-22(28)27-20-8-4-3-7-19(20)24/h3-13H,2,14-15,24H2,1H3,(H,26,29)(H,27,28). The zero-order chi connectivity index (χ0) is 22.1. The van der Waals surface area contributed by atoms with Crippen molar-refractivity contribution in [2.75, 3.05) is 23.0 Å². The summed E-state index contributed by atoms with van der Waals surface area (Å²) in [5.74, 6) is 0.245. The molecule has 2 aromatic carbocycles. The predicted octanol–water partition coefficient (Wildman–Crippen LogP) is 3.99. The van der Waals surface area contributed by atoms with Crippen molar-refractivity contribution >= 4 is 29.1 Å². The first-order chi connectivity index (χ1) is 15.0. The Labute approximate surface area is 180 Å². The summed E-state index contributed by atoms with van der Waals surface area (Å²) < 4.78 is 10.9. The largest absolute Gasteiger partial charge is 0.483 e. The number of carbonyl (C=O) groups excluding carboxylic acids is 2. The lowest BCUT2D eigenvalue weighted by Crippen LogP contribution is -2.21. The van der Waals surface area contributed by atoms with Gasteiger partial charge in [0.05, 0.1) is 11.4 Å². The third kappa shape index (κ3) is 6.46. The fourth-order valence-electron chi connectivity index (χ4n) is 2.80. The van der Waals surface area contributed by atoms with E-state index in [1.54, 1.807) is 60.9 Å². The summed E-state index contributed by atoms with van der Waals surface area (Å²) in [4.78, 5) is 28.2. The number of hydrogen-bond donors (Lipinski definition) is 3. The van der Waals surface area contributed by atoms with Crippen LogP contribution in [0.4, 0.5) is 21.9 Å². The summed E-state index contributed by atoms with van der Waals surface area (Å²) in [6, 6.07) is 15.8. The topological polar surface area (TPSA) is 116 Å². The number of aryl methyl sites for hydroxylation is 1. The Morgan fingerprint density at radius 2 is 1.90 bits per heavy atom. The second-order valence-corrected chi connectivity index (χ2v) is 6.66. The second-order valence-electron chi connectivity index (χ2n) is 6.66. The summed E-state index contributed by atoms with van der Waals surface area (Å²) in [7, 11) is 0. The molecule has 0 saturated heterocycles. The average Bonchev–Trinajstić information content (AvgIpc) is 2.79. The van der Waals surface area contributed by atoms with Gasteiger partial charge in [0.15, 0.2) is 6.61 Å². The average molecular weight is 420 g/mol. The lowest BCUT2D eigenvalue weighted by atomic mass is 10.1. The highest BCUT2D eigenvalue weighted by atomic mass is 16.5. The van der Waals surface area contributed by atoms with Gasteiger partial charge in [-0.05, 0) is 48.4 Å². The highest BCUT2D eigenvalue weighted by Gasteiger charge is 2.10. The molecule has 0 unspecified atom stereocenters. The molecule has 0 aliphatic heterocycles. The van der Waals surface area contributed by atoms with Gasteiger partial charge in [-0.3, -0.25) is 15.1 Å². The van der Waals surface area contributed by atoms with E-state index >= 15 is 0 Å². The van der Waals surface area contributed by atoms with Crippen LogP contribution in [0.2, 0.25) is 0 Å². The number of carbonyl (C=O) groups is 2. The number of anilines is 3. The molecule has 0 spiro atoms. The minimum atomic E-state index is -0.570. The van der Waals surface area contributed by atoms with Gasteiger partial charge >= 0.3 is 6.09 Å². The normalized spacial score (nSPS) is 10.2. The van der Waals surface area contributed by atoms with Crippen molar-refractivity contribution in [3.63, 3.8) is 0 Å². The molecule has 0 radical (unpaired) electrons. The van der Waals surface area contributed by atoms with Crippen LogP contribution in [0.1, 0.15) is 18.1 Å². The van der Waals surface area contributed by atoms with E-state index in [2.05, 4.69) is 15.6 Å². The molecule has 3 aromatic rings. The van der Waals surface area contributed by atoms with Gasteiger partial charge in [-0.1, -0.05) is 25.1 Å². The van der Waals surface area contributed by atoms with Crippen LogP contribution in [0.5, 0.6) is 5.75 Å². The number of ether oxygens (including phenoxy) is 2. The molecule has 0 aliphatic carbocycles. The summed E-state index contributed by atoms with van der Waals surface area (Å²) in [6.07, 6.45) is 3.37. The smallest absolute Gasteiger partial charge is 0.411 e. The number of amides is 2. The SMILES string of the molecule is CCc1cc(NC(=O)OCc2cccnc2)ccc1OCC(=O)Nc1ccccc1N. The molecule has 0 fully saturated rings. The Bertz CT molecular complexity index is 1040. The number of pyridine rings is 1. The third-order valence-corrected chi connectivity index (χ3v) is 4.37. The van der Waals surface area contributed by atoms with Gasteiger partial charge in [0.1, 0.15) is 12.4 Å². The van der Waals surface area contributed by atoms with E-state index in [9.17, 15) is 9.59 Å². The Balaban J connectivity index is 1.53. The maximum atomic E-state index is 12.2. The Morgan fingerprint density at radius 1 is 1.06 bits per heavy atom. The van der Waals surface area contributed by atoms with Crippen molar-refractivity contribution < 1.29 is 19.1 Å². The number of rotatable bonds is 8. The monoisotopic (exact) mass is 420 g/mol. The summed E-state index contributed by atoms with van der Waals surface area (Å²) >= 11 is 0. The van der Waals surface area contributed by atoms with E-state index < -0.39 is 6.09 Å². The Kier molecular flexibility index (Phi) is 7.42. The molecule has 0 saturated carbocycles. The number of nitrogens with one attached hydrogen (secondary N) is 2. The first-order valence-corrected chi connectivity index (χ1v) is 9.78. The number of hydrogen-bond acceptors (Lipinski definition) is 6. The van der Waals surface area contributed by atoms with Crippen molar-refractivity contribution in [3.8, 4) is 5.75 Å². The van der Waals surface area contributed by atoms with Crippen molar-refractivity contribution in [3.05, 3.63) is 78.1 Å². The van der Waals surface area contributed by atoms with Gasteiger partial charge in [-0.2, -0.15) is 0 Å². The molecule has 160 valence electrons. The van der Waals surface area contributed by atoms with Crippen LogP contribution in [0, 0.1) is 0 Å². The molecule has 3 rings (SSSR count). The molecule has 0 aliphatic rings. The Morgan fingerprint density at radius 3 is 2.65 bits per heavy atom. The fourth-order valence-corrected chi connectivity index (χ4v) is 2.80. The summed E-state index contributed by atoms with van der Waals surface area (Å²) in [5, 5.41) is 5.40. The zero-order valence-corrected chi connectivity index (χ0v) is 17.1. The van der Waals surface area contributed by atoms with Crippen LogP contribution in [-0.4, -0.2) is 23.6 Å². The van der Waals surface area contributed by atoms with E-state index in [-0.39, 0.29) is 19.1 Å². The minimum absolute atomic E-state index is 0.128. The number of nitrogen functional groups attached to an aromatic ring is 1. The molecule has 1 heterocycles. The van der Waals surface area contributed by atoms with E-state index in [0.29, 0.717) is 29.2 Å². The predicted molar refractivity (Wildman–Crippen MR) is 119 cm³/mol. The first-order valence-electron chi connectivity index (χ1n) is 9.78. The van der Waals surface area contributed by atoms with Gasteiger partial charge in [0.25, 0.3) is 5.91 Å². The van der Waals surface area contributed by atoms with Gasteiger partial charge < -0.3 is 20.5 Å². The van der Waals surface area contributed by atoms with Crippen LogP contribution in [0.25, 0.3) is 0 Å². The van der Waals surface area contributed by atoms with Gasteiger partial charge in [-0.15, -0.1) is 0 Å². The van der Waals surface area contributed by atoms with Crippen LogP contribution >= 0.6 is 0 Å². The molecule has 8 heteroatoms. The molecule has 0 atom stereocenters. The van der Waals surface area contributed by atoms with Gasteiger partial charge in [0.2, 0.25) is 0 Å². The number of para-hydroxylation sites is 2. The van der Waals surface area contributed by atoms with E-state index in [1.807, 2.05) is 13.0 Å². The second kappa shape index (κ2) is 10.6. The van der Waals surface area contributed by atoms with Crippen molar-refractivity contribution in [2.45, 2.75) is 20.0 Å². The summed E-state index contributed by atoms with van der Waals surface area (Å²) in [5.41, 5.74) is 9.06. The quantitative estimate of drug-likeness (QED) is 0.475. The van der Waals surface area contributed by atoms with Crippen LogP contribution < -0.4 is 21.1 Å². The molecule has 0 bridgehead atoms. The molecular formula is C23H24N4O4. The van der Waals surface area contributed by atoms with Crippen molar-refractivity contribution in [1.82, 2.24) is 4.98 Å². The van der Waals surface area contributed by atoms with Crippen LogP contribution in [-0.2, 0) is 22.6 Å². The van der Waals surface area contributed by atoms with E-state index in [0.717, 1.165) is 11.1 Å². The minimum Gasteiger partial charge on any atom is -0.483 e. The fraction of sp³-hybridized carbons (Fsp3) is 0.174. The van der Waals surface area contributed by atoms with E-state index in [4.69, 9.17) is 15.2 Å². The lowest BCUT2D eigenvalue weighted by Gasteiger charge is -2.13. The van der Waals surface area contributed by atoms with Crippen LogP contribution in [0.3, 0.4) is 0 Å². The molecule has 4 N–H and O–H groups in total. The molecular weight excluding hydrogens is 396 g/mol. The van der Waals surface area contributed by atoms with Gasteiger partial charge in [-0.25, -0.2) is 4.79 Å². The third-order valence-electron chi connectivity index (χ3n) is 4.37. The molecule has 1 aromatic heterocycles. The van der Waals surface area contributed by atoms with Crippen molar-refractivity contribution in [2.24, 2.45) is 0 Å². The lowest BCUT2D eigenvalue weighted by molar-refractivity contribution is -0.118. The maximum absolute atomic E-state index is 12.2. The maximum Gasteiger partial charge on any atom is 0.411 e. The highest BCUT2D eigenvalue weighted by molar-refractivity contribution is 5.94. The van der Waals surface area contributed by atoms with Gasteiger partial charge in [0, 0.05) is 23.6 Å². The van der Waals surface area contributed by atoms with Crippen molar-refractivity contribution in [1.29, 1.82) is 0 Å². The number of aromatic nitrogens is 1. The first kappa shape index (κ1) is 21.6. The molecule has 2 amide bonds. The molecule has 31 heavy (non-hydrogen) atoms. The number of nitrogens with two attached hydrogens (primary N) is 1. The highest BCUT2D eigenvalue weighted by Crippen LogP contribution is 2.24. The van der Waals surface area contributed by atoms with Crippen LogP contribution in [0.15, 0.2) is 67.0 Å². The van der Waals surface area contributed by atoms with E-state index in [1.165, 1.54) is 0 Å². The Hall–Kier alpha value is -4.07. The molecule has 8 nitrogen and oxygen atoms in total.